The topological polar surface area (TPSA) is 38.3 Å². The Kier molecular flexibility index (Phi) is 5.06. The molecule has 3 rings (SSSR count). The average molecular weight is 323 g/mol. The molecular formula is C20H18FNO2. The third-order valence-electron chi connectivity index (χ3n) is 3.77. The number of carbonyl (C=O) groups is 1. The van der Waals surface area contributed by atoms with E-state index in [1.807, 2.05) is 24.3 Å². The smallest absolute Gasteiger partial charge is 0.223 e. The van der Waals surface area contributed by atoms with Crippen molar-refractivity contribution in [3.05, 3.63) is 78.1 Å². The van der Waals surface area contributed by atoms with Gasteiger partial charge < -0.3 is 10.1 Å². The van der Waals surface area contributed by atoms with E-state index in [4.69, 9.17) is 4.74 Å². The maximum Gasteiger partial charge on any atom is 0.223 e. The minimum absolute atomic E-state index is 0.0787. The Hall–Kier alpha value is -2.88. The molecule has 3 aromatic carbocycles. The second-order valence-electron chi connectivity index (χ2n) is 5.47. The summed E-state index contributed by atoms with van der Waals surface area (Å²) in [6, 6.07) is 19.9. The highest BCUT2D eigenvalue weighted by molar-refractivity contribution is 5.86. The van der Waals surface area contributed by atoms with Gasteiger partial charge in [-0.3, -0.25) is 4.79 Å². The highest BCUT2D eigenvalue weighted by atomic mass is 19.1. The Morgan fingerprint density at radius 1 is 0.958 bits per heavy atom. The molecule has 1 N–H and O–H groups in total. The molecule has 0 unspecified atom stereocenters. The van der Waals surface area contributed by atoms with Crippen LogP contribution >= 0.6 is 0 Å². The lowest BCUT2D eigenvalue weighted by Crippen LogP contribution is -2.24. The van der Waals surface area contributed by atoms with Gasteiger partial charge in [0, 0.05) is 6.54 Å². The van der Waals surface area contributed by atoms with Gasteiger partial charge in [-0.1, -0.05) is 42.5 Å². The summed E-state index contributed by atoms with van der Waals surface area (Å²) in [5.41, 5.74) is 1.08. The Morgan fingerprint density at radius 2 is 1.71 bits per heavy atom. The van der Waals surface area contributed by atoms with Crippen molar-refractivity contribution in [2.24, 2.45) is 0 Å². The van der Waals surface area contributed by atoms with Gasteiger partial charge in [-0.2, -0.15) is 0 Å². The number of halogens is 1. The van der Waals surface area contributed by atoms with E-state index in [9.17, 15) is 9.18 Å². The Bertz CT molecular complexity index is 825. The molecule has 0 aliphatic heterocycles. The summed E-state index contributed by atoms with van der Waals surface area (Å²) in [6.45, 7) is 0.740. The number of fused-ring (bicyclic) bond motifs is 1. The quantitative estimate of drug-likeness (QED) is 0.743. The van der Waals surface area contributed by atoms with Crippen LogP contribution in [0.2, 0.25) is 0 Å². The van der Waals surface area contributed by atoms with E-state index < -0.39 is 0 Å². The van der Waals surface area contributed by atoms with E-state index in [0.717, 1.165) is 16.3 Å². The third-order valence-corrected chi connectivity index (χ3v) is 3.77. The van der Waals surface area contributed by atoms with Gasteiger partial charge >= 0.3 is 0 Å². The molecule has 0 radical (unpaired) electrons. The van der Waals surface area contributed by atoms with Crippen LogP contribution in [-0.2, 0) is 11.3 Å². The molecule has 0 saturated carbocycles. The Morgan fingerprint density at radius 3 is 2.54 bits per heavy atom. The summed E-state index contributed by atoms with van der Waals surface area (Å²) in [5.74, 6) is 0.165. The highest BCUT2D eigenvalue weighted by Gasteiger charge is 2.05. The van der Waals surface area contributed by atoms with Crippen molar-refractivity contribution in [1.82, 2.24) is 5.32 Å². The molecule has 3 aromatic rings. The van der Waals surface area contributed by atoms with Crippen LogP contribution in [0.25, 0.3) is 10.8 Å². The number of amides is 1. The lowest BCUT2D eigenvalue weighted by molar-refractivity contribution is -0.121. The highest BCUT2D eigenvalue weighted by Crippen LogP contribution is 2.18. The third kappa shape index (κ3) is 4.10. The lowest BCUT2D eigenvalue weighted by Gasteiger charge is -2.09. The zero-order valence-electron chi connectivity index (χ0n) is 13.2. The normalized spacial score (nSPS) is 10.5. The van der Waals surface area contributed by atoms with Crippen LogP contribution in [0.15, 0.2) is 66.7 Å². The van der Waals surface area contributed by atoms with E-state index in [-0.39, 0.29) is 24.8 Å². The zero-order chi connectivity index (χ0) is 16.8. The molecule has 4 heteroatoms. The van der Waals surface area contributed by atoms with E-state index in [1.54, 1.807) is 12.1 Å². The predicted octanol–water partition coefficient (Wildman–Crippen LogP) is 4.06. The van der Waals surface area contributed by atoms with Crippen LogP contribution in [0.1, 0.15) is 12.0 Å². The molecule has 0 bridgehead atoms. The van der Waals surface area contributed by atoms with Gasteiger partial charge in [-0.15, -0.1) is 0 Å². The van der Waals surface area contributed by atoms with Gasteiger partial charge in [0.15, 0.2) is 0 Å². The molecule has 0 aliphatic rings. The second-order valence-corrected chi connectivity index (χ2v) is 5.47. The van der Waals surface area contributed by atoms with E-state index in [1.165, 1.54) is 12.1 Å². The largest absolute Gasteiger partial charge is 0.493 e. The number of ether oxygens (including phenoxy) is 1. The minimum Gasteiger partial charge on any atom is -0.493 e. The predicted molar refractivity (Wildman–Crippen MR) is 92.3 cm³/mol. The van der Waals surface area contributed by atoms with Gasteiger partial charge in [0.1, 0.15) is 11.6 Å². The van der Waals surface area contributed by atoms with E-state index in [0.29, 0.717) is 12.3 Å². The summed E-state index contributed by atoms with van der Waals surface area (Å²) in [4.78, 5) is 11.9. The molecule has 0 fully saturated rings. The Labute approximate surface area is 140 Å². The number of hydrogen-bond acceptors (Lipinski definition) is 2. The minimum atomic E-state index is -0.310. The van der Waals surface area contributed by atoms with Crippen LogP contribution in [0.5, 0.6) is 5.75 Å². The fourth-order valence-corrected chi connectivity index (χ4v) is 2.52. The van der Waals surface area contributed by atoms with Gasteiger partial charge in [0.2, 0.25) is 5.91 Å². The molecule has 122 valence electrons. The van der Waals surface area contributed by atoms with Crippen LogP contribution < -0.4 is 10.1 Å². The Balaban J connectivity index is 1.49. The summed E-state index contributed by atoms with van der Waals surface area (Å²) >= 11 is 0. The molecule has 3 nitrogen and oxygen atoms in total. The van der Waals surface area contributed by atoms with Gasteiger partial charge in [-0.25, -0.2) is 4.39 Å². The maximum atomic E-state index is 12.8. The lowest BCUT2D eigenvalue weighted by atomic mass is 10.0. The van der Waals surface area contributed by atoms with Crippen LogP contribution in [0.4, 0.5) is 4.39 Å². The number of rotatable bonds is 6. The number of hydrogen-bond donors (Lipinski definition) is 1. The summed E-state index contributed by atoms with van der Waals surface area (Å²) < 4.78 is 18.2. The molecule has 0 atom stereocenters. The first-order chi connectivity index (χ1) is 11.7. The van der Waals surface area contributed by atoms with Crippen molar-refractivity contribution in [2.45, 2.75) is 13.0 Å². The molecule has 1 amide bonds. The van der Waals surface area contributed by atoms with E-state index >= 15 is 0 Å². The number of nitrogens with one attached hydrogen (secondary N) is 1. The van der Waals surface area contributed by atoms with E-state index in [2.05, 4.69) is 23.5 Å². The summed E-state index contributed by atoms with van der Waals surface area (Å²) in [5, 5.41) is 5.21. The fourth-order valence-electron chi connectivity index (χ4n) is 2.52. The summed E-state index contributed by atoms with van der Waals surface area (Å²) in [7, 11) is 0. The molecule has 0 aromatic heterocycles. The van der Waals surface area contributed by atoms with Crippen molar-refractivity contribution in [2.75, 3.05) is 6.61 Å². The van der Waals surface area contributed by atoms with Gasteiger partial charge in [0.05, 0.1) is 13.0 Å². The maximum absolute atomic E-state index is 12.8. The first kappa shape index (κ1) is 16.0. The van der Waals surface area contributed by atoms with Crippen molar-refractivity contribution < 1.29 is 13.9 Å². The number of benzene rings is 3. The first-order valence-electron chi connectivity index (χ1n) is 7.84. The van der Waals surface area contributed by atoms with Crippen molar-refractivity contribution in [1.29, 1.82) is 0 Å². The number of carbonyl (C=O) groups excluding carboxylic acids is 1. The van der Waals surface area contributed by atoms with Crippen molar-refractivity contribution >= 4 is 16.7 Å². The fraction of sp³-hybridized carbons (Fsp3) is 0.150. The molecule has 0 saturated heterocycles. The molecule has 0 spiro atoms. The monoisotopic (exact) mass is 323 g/mol. The zero-order valence-corrected chi connectivity index (χ0v) is 13.2. The average Bonchev–Trinajstić information content (AvgIpc) is 2.61. The molecule has 0 heterocycles. The standard InChI is InChI=1S/C20H18FNO2/c21-17-8-10-18(11-9-17)24-13-12-20(23)22-14-16-6-3-5-15-4-1-2-7-19(15)16/h1-11H,12-14H2,(H,22,23). The van der Waals surface area contributed by atoms with Crippen molar-refractivity contribution in [3.63, 3.8) is 0 Å². The van der Waals surface area contributed by atoms with Crippen molar-refractivity contribution in [3.8, 4) is 5.75 Å². The molecular weight excluding hydrogens is 305 g/mol. The summed E-state index contributed by atoms with van der Waals surface area (Å²) in [6.07, 6.45) is 0.252. The SMILES string of the molecule is O=C(CCOc1ccc(F)cc1)NCc1cccc2ccccc12. The van der Waals surface area contributed by atoms with Gasteiger partial charge in [-0.05, 0) is 40.6 Å². The molecule has 0 aliphatic carbocycles. The molecule has 24 heavy (non-hydrogen) atoms. The van der Waals surface area contributed by atoms with Crippen LogP contribution in [-0.4, -0.2) is 12.5 Å². The van der Waals surface area contributed by atoms with Gasteiger partial charge in [0.25, 0.3) is 0 Å². The first-order valence-corrected chi connectivity index (χ1v) is 7.84. The van der Waals surface area contributed by atoms with Crippen LogP contribution in [0, 0.1) is 5.82 Å². The van der Waals surface area contributed by atoms with Crippen LogP contribution in [0.3, 0.4) is 0 Å². The second kappa shape index (κ2) is 7.59.